The molecular weight excluding hydrogens is 220 g/mol. The maximum Gasteiger partial charge on any atom is 0.354 e. The Bertz CT molecular complexity index is 514. The Labute approximate surface area is 97.7 Å². The molecule has 0 fully saturated rings. The summed E-state index contributed by atoms with van der Waals surface area (Å²) in [6.45, 7) is 0.144. The van der Waals surface area contributed by atoms with Gasteiger partial charge in [0.05, 0.1) is 0 Å². The number of aromatic carboxylic acids is 1. The molecule has 0 spiro atoms. The summed E-state index contributed by atoms with van der Waals surface area (Å²) in [6.07, 6.45) is 1.40. The van der Waals surface area contributed by atoms with E-state index in [0.717, 1.165) is 0 Å². The van der Waals surface area contributed by atoms with Crippen LogP contribution in [0.15, 0.2) is 42.6 Å². The lowest BCUT2D eigenvalue weighted by molar-refractivity contribution is 0.0689. The van der Waals surface area contributed by atoms with Crippen molar-refractivity contribution in [1.82, 2.24) is 9.97 Å². The largest absolute Gasteiger partial charge is 0.486 e. The number of rotatable bonds is 4. The molecule has 5 heteroatoms. The third-order valence-electron chi connectivity index (χ3n) is 2.04. The molecule has 0 aliphatic rings. The van der Waals surface area contributed by atoms with Crippen LogP contribution in [-0.4, -0.2) is 21.0 Å². The number of aromatic nitrogens is 2. The maximum atomic E-state index is 10.7. The van der Waals surface area contributed by atoms with Crippen molar-refractivity contribution in [3.63, 3.8) is 0 Å². The van der Waals surface area contributed by atoms with Crippen LogP contribution in [-0.2, 0) is 6.61 Å². The standard InChI is InChI=1S/C12H10N2O3/c15-12(16)10-6-7-13-11(14-10)8-17-9-4-2-1-3-5-9/h1-7H,8H2,(H,15,16). The molecule has 1 heterocycles. The van der Waals surface area contributed by atoms with Gasteiger partial charge in [-0.15, -0.1) is 0 Å². The van der Waals surface area contributed by atoms with Gasteiger partial charge in [-0.1, -0.05) is 18.2 Å². The Morgan fingerprint density at radius 2 is 2.00 bits per heavy atom. The smallest absolute Gasteiger partial charge is 0.354 e. The molecule has 2 aromatic rings. The fourth-order valence-electron chi connectivity index (χ4n) is 1.25. The molecule has 2 rings (SSSR count). The Hall–Kier alpha value is -2.43. The molecule has 0 atom stereocenters. The predicted molar refractivity (Wildman–Crippen MR) is 59.8 cm³/mol. The number of carboxylic acid groups (broad SMARTS) is 1. The van der Waals surface area contributed by atoms with E-state index in [1.54, 1.807) is 12.1 Å². The monoisotopic (exact) mass is 230 g/mol. The first-order valence-electron chi connectivity index (χ1n) is 4.99. The third kappa shape index (κ3) is 3.01. The van der Waals surface area contributed by atoms with Gasteiger partial charge >= 0.3 is 5.97 Å². The summed E-state index contributed by atoms with van der Waals surface area (Å²) >= 11 is 0. The number of para-hydroxylation sites is 1. The van der Waals surface area contributed by atoms with Crippen molar-refractivity contribution in [3.8, 4) is 5.75 Å². The summed E-state index contributed by atoms with van der Waals surface area (Å²) in [5.41, 5.74) is -0.0355. The molecule has 5 nitrogen and oxygen atoms in total. The van der Waals surface area contributed by atoms with E-state index in [4.69, 9.17) is 9.84 Å². The first-order valence-corrected chi connectivity index (χ1v) is 4.99. The fraction of sp³-hybridized carbons (Fsp3) is 0.0833. The second kappa shape index (κ2) is 5.07. The Kier molecular flexibility index (Phi) is 3.30. The van der Waals surface area contributed by atoms with Crippen LogP contribution in [0.2, 0.25) is 0 Å². The van der Waals surface area contributed by atoms with Gasteiger partial charge in [0, 0.05) is 6.20 Å². The van der Waals surface area contributed by atoms with Gasteiger partial charge in [0.2, 0.25) is 0 Å². The molecule has 86 valence electrons. The second-order valence-electron chi connectivity index (χ2n) is 3.26. The van der Waals surface area contributed by atoms with Crippen molar-refractivity contribution in [2.24, 2.45) is 0 Å². The number of carboxylic acids is 1. The van der Waals surface area contributed by atoms with Gasteiger partial charge in [0.25, 0.3) is 0 Å². The third-order valence-corrected chi connectivity index (χ3v) is 2.04. The van der Waals surface area contributed by atoms with E-state index in [0.29, 0.717) is 11.6 Å². The lowest BCUT2D eigenvalue weighted by Crippen LogP contribution is -2.07. The minimum Gasteiger partial charge on any atom is -0.486 e. The zero-order valence-corrected chi connectivity index (χ0v) is 8.91. The molecule has 17 heavy (non-hydrogen) atoms. The van der Waals surface area contributed by atoms with Crippen LogP contribution in [0, 0.1) is 0 Å². The quantitative estimate of drug-likeness (QED) is 0.866. The van der Waals surface area contributed by atoms with Gasteiger partial charge in [0.15, 0.2) is 11.5 Å². The second-order valence-corrected chi connectivity index (χ2v) is 3.26. The summed E-state index contributed by atoms with van der Waals surface area (Å²) in [7, 11) is 0. The first kappa shape index (κ1) is 11.1. The number of hydrogen-bond acceptors (Lipinski definition) is 4. The minimum atomic E-state index is -1.08. The van der Waals surface area contributed by atoms with Crippen molar-refractivity contribution < 1.29 is 14.6 Å². The number of carbonyl (C=O) groups is 1. The lowest BCUT2D eigenvalue weighted by Gasteiger charge is -2.04. The highest BCUT2D eigenvalue weighted by Gasteiger charge is 2.06. The van der Waals surface area contributed by atoms with Crippen LogP contribution < -0.4 is 4.74 Å². The van der Waals surface area contributed by atoms with E-state index < -0.39 is 5.97 Å². The normalized spacial score (nSPS) is 9.88. The molecular formula is C12H10N2O3. The summed E-state index contributed by atoms with van der Waals surface area (Å²) in [5.74, 6) is -0.0426. The van der Waals surface area contributed by atoms with Crippen molar-refractivity contribution in [2.75, 3.05) is 0 Å². The van der Waals surface area contributed by atoms with Crippen LogP contribution in [0.25, 0.3) is 0 Å². The molecule has 0 unspecified atom stereocenters. The van der Waals surface area contributed by atoms with E-state index in [-0.39, 0.29) is 12.3 Å². The molecule has 0 saturated carbocycles. The van der Waals surface area contributed by atoms with Crippen LogP contribution in [0.3, 0.4) is 0 Å². The van der Waals surface area contributed by atoms with E-state index in [2.05, 4.69) is 9.97 Å². The van der Waals surface area contributed by atoms with E-state index >= 15 is 0 Å². The van der Waals surface area contributed by atoms with Gasteiger partial charge in [-0.3, -0.25) is 0 Å². The highest BCUT2D eigenvalue weighted by molar-refractivity contribution is 5.85. The van der Waals surface area contributed by atoms with E-state index in [1.165, 1.54) is 12.3 Å². The molecule has 0 saturated heterocycles. The SMILES string of the molecule is O=C(O)c1ccnc(COc2ccccc2)n1. The molecule has 1 aromatic heterocycles. The zero-order valence-electron chi connectivity index (χ0n) is 8.91. The van der Waals surface area contributed by atoms with Crippen molar-refractivity contribution >= 4 is 5.97 Å². The van der Waals surface area contributed by atoms with Gasteiger partial charge in [-0.2, -0.15) is 0 Å². The maximum absolute atomic E-state index is 10.7. The molecule has 0 amide bonds. The van der Waals surface area contributed by atoms with Crippen LogP contribution in [0.4, 0.5) is 0 Å². The highest BCUT2D eigenvalue weighted by Crippen LogP contribution is 2.09. The minimum absolute atomic E-state index is 0.0355. The van der Waals surface area contributed by atoms with Gasteiger partial charge in [-0.05, 0) is 18.2 Å². The predicted octanol–water partition coefficient (Wildman–Crippen LogP) is 1.75. The summed E-state index contributed by atoms with van der Waals surface area (Å²) < 4.78 is 5.41. The van der Waals surface area contributed by atoms with Gasteiger partial charge in [0.1, 0.15) is 12.4 Å². The highest BCUT2D eigenvalue weighted by atomic mass is 16.5. The molecule has 0 radical (unpaired) electrons. The van der Waals surface area contributed by atoms with E-state index in [9.17, 15) is 4.79 Å². The van der Waals surface area contributed by atoms with Crippen molar-refractivity contribution in [3.05, 3.63) is 54.1 Å². The summed E-state index contributed by atoms with van der Waals surface area (Å²) in [5, 5.41) is 8.76. The molecule has 0 aliphatic carbocycles. The van der Waals surface area contributed by atoms with Gasteiger partial charge in [-0.25, -0.2) is 14.8 Å². The average Bonchev–Trinajstić information content (AvgIpc) is 2.38. The first-order chi connectivity index (χ1) is 8.25. The number of nitrogens with zero attached hydrogens (tertiary/aromatic N) is 2. The lowest BCUT2D eigenvalue weighted by atomic mass is 10.3. The van der Waals surface area contributed by atoms with E-state index in [1.807, 2.05) is 18.2 Å². The molecule has 1 N–H and O–H groups in total. The van der Waals surface area contributed by atoms with Crippen LogP contribution in [0.1, 0.15) is 16.3 Å². The van der Waals surface area contributed by atoms with Crippen LogP contribution in [0.5, 0.6) is 5.75 Å². The van der Waals surface area contributed by atoms with Crippen molar-refractivity contribution in [2.45, 2.75) is 6.61 Å². The number of hydrogen-bond donors (Lipinski definition) is 1. The Morgan fingerprint density at radius 3 is 2.71 bits per heavy atom. The zero-order chi connectivity index (χ0) is 12.1. The molecule has 1 aromatic carbocycles. The Morgan fingerprint density at radius 1 is 1.24 bits per heavy atom. The Balaban J connectivity index is 2.04. The summed E-state index contributed by atoms with van der Waals surface area (Å²) in [4.78, 5) is 18.5. The molecule has 0 aliphatic heterocycles. The number of benzene rings is 1. The van der Waals surface area contributed by atoms with Crippen LogP contribution >= 0.6 is 0 Å². The van der Waals surface area contributed by atoms with Gasteiger partial charge < -0.3 is 9.84 Å². The fourth-order valence-corrected chi connectivity index (χ4v) is 1.25. The van der Waals surface area contributed by atoms with Crippen molar-refractivity contribution in [1.29, 1.82) is 0 Å². The topological polar surface area (TPSA) is 72.3 Å². The number of ether oxygens (including phenoxy) is 1. The molecule has 0 bridgehead atoms. The summed E-state index contributed by atoms with van der Waals surface area (Å²) in [6, 6.07) is 10.5. The average molecular weight is 230 g/mol.